The van der Waals surface area contributed by atoms with Crippen LogP contribution in [0.5, 0.6) is 0 Å². The smallest absolute Gasteiger partial charge is 0.211 e. The summed E-state index contributed by atoms with van der Waals surface area (Å²) in [6.45, 7) is 2.88. The minimum absolute atomic E-state index is 0.163. The Kier molecular flexibility index (Phi) is 4.95. The lowest BCUT2D eigenvalue weighted by Crippen LogP contribution is -2.26. The largest absolute Gasteiger partial charge is 0.361 e. The fourth-order valence-corrected chi connectivity index (χ4v) is 2.86. The highest BCUT2D eigenvalue weighted by Crippen LogP contribution is 2.18. The van der Waals surface area contributed by atoms with E-state index in [1.165, 1.54) is 12.8 Å². The first-order chi connectivity index (χ1) is 9.05. The number of aryl methyl sites for hydroxylation is 1. The molecule has 1 fully saturated rings. The van der Waals surface area contributed by atoms with Crippen LogP contribution in [0.3, 0.4) is 0 Å². The maximum Gasteiger partial charge on any atom is 0.211 e. The number of aromatic nitrogens is 1. The highest BCUT2D eigenvalue weighted by Gasteiger charge is 2.19. The van der Waals surface area contributed by atoms with Gasteiger partial charge >= 0.3 is 0 Å². The highest BCUT2D eigenvalue weighted by molar-refractivity contribution is 7.89. The van der Waals surface area contributed by atoms with Crippen molar-refractivity contribution >= 4 is 10.0 Å². The van der Waals surface area contributed by atoms with E-state index in [0.29, 0.717) is 23.9 Å². The normalized spacial score (nSPS) is 15.8. The molecule has 0 aromatic carbocycles. The van der Waals surface area contributed by atoms with Crippen molar-refractivity contribution < 1.29 is 12.9 Å². The molecule has 1 aromatic heterocycles. The van der Waals surface area contributed by atoms with Crippen LogP contribution in [0.2, 0.25) is 0 Å². The predicted octanol–water partition coefficient (Wildman–Crippen LogP) is 0.935. The average Bonchev–Trinajstić information content (AvgIpc) is 3.08. The fraction of sp³-hybridized carbons (Fsp3) is 0.750. The Hall–Kier alpha value is -0.920. The number of unbranched alkanes of at least 4 members (excludes halogenated alkanes) is 1. The van der Waals surface area contributed by atoms with Crippen LogP contribution in [0, 0.1) is 6.92 Å². The first-order valence-corrected chi connectivity index (χ1v) is 8.33. The number of hydrogen-bond acceptors (Lipinski definition) is 5. The molecule has 0 bridgehead atoms. The van der Waals surface area contributed by atoms with E-state index < -0.39 is 10.0 Å². The van der Waals surface area contributed by atoms with Crippen molar-refractivity contribution in [3.63, 3.8) is 0 Å². The summed E-state index contributed by atoms with van der Waals surface area (Å²) < 4.78 is 30.9. The van der Waals surface area contributed by atoms with Gasteiger partial charge in [0.05, 0.1) is 18.0 Å². The van der Waals surface area contributed by atoms with E-state index >= 15 is 0 Å². The summed E-state index contributed by atoms with van der Waals surface area (Å²) >= 11 is 0. The third-order valence-electron chi connectivity index (χ3n) is 3.00. The first kappa shape index (κ1) is 14.5. The summed E-state index contributed by atoms with van der Waals surface area (Å²) in [5, 5.41) is 7.11. The molecule has 0 atom stereocenters. The summed E-state index contributed by atoms with van der Waals surface area (Å²) in [6, 6.07) is 2.41. The summed E-state index contributed by atoms with van der Waals surface area (Å²) in [5.41, 5.74) is 0.608. The number of sulfonamides is 1. The van der Waals surface area contributed by atoms with Crippen LogP contribution in [-0.4, -0.2) is 31.9 Å². The van der Waals surface area contributed by atoms with Crippen molar-refractivity contribution in [3.8, 4) is 0 Å². The van der Waals surface area contributed by atoms with E-state index in [2.05, 4.69) is 15.2 Å². The molecule has 1 heterocycles. The minimum atomic E-state index is -3.22. The Labute approximate surface area is 114 Å². The Morgan fingerprint density at radius 1 is 1.42 bits per heavy atom. The van der Waals surface area contributed by atoms with E-state index in [-0.39, 0.29) is 12.3 Å². The van der Waals surface area contributed by atoms with Crippen molar-refractivity contribution in [3.05, 3.63) is 17.5 Å². The SMILES string of the molecule is Cc1cc(CNS(=O)(=O)CCCCNC2CC2)no1. The van der Waals surface area contributed by atoms with Crippen molar-refractivity contribution in [2.24, 2.45) is 0 Å². The monoisotopic (exact) mass is 287 g/mol. The quantitative estimate of drug-likeness (QED) is 0.660. The van der Waals surface area contributed by atoms with Gasteiger partial charge in [0.15, 0.2) is 0 Å². The van der Waals surface area contributed by atoms with Gasteiger partial charge in [-0.25, -0.2) is 13.1 Å². The molecule has 7 heteroatoms. The van der Waals surface area contributed by atoms with E-state index in [0.717, 1.165) is 13.0 Å². The number of nitrogens with one attached hydrogen (secondary N) is 2. The van der Waals surface area contributed by atoms with Crippen LogP contribution < -0.4 is 10.0 Å². The Morgan fingerprint density at radius 2 is 2.21 bits per heavy atom. The molecule has 6 nitrogen and oxygen atoms in total. The van der Waals surface area contributed by atoms with Gasteiger partial charge in [-0.3, -0.25) is 0 Å². The molecule has 1 aliphatic carbocycles. The summed E-state index contributed by atoms with van der Waals surface area (Å²) in [5.74, 6) is 0.844. The van der Waals surface area contributed by atoms with Gasteiger partial charge in [0.1, 0.15) is 5.76 Å². The third kappa shape index (κ3) is 5.71. The predicted molar refractivity (Wildman–Crippen MR) is 72.1 cm³/mol. The van der Waals surface area contributed by atoms with Crippen LogP contribution in [0.25, 0.3) is 0 Å². The molecule has 1 saturated carbocycles. The Morgan fingerprint density at radius 3 is 2.84 bits per heavy atom. The van der Waals surface area contributed by atoms with Crippen LogP contribution in [0.1, 0.15) is 37.1 Å². The van der Waals surface area contributed by atoms with Crippen molar-refractivity contribution in [1.29, 1.82) is 0 Å². The molecule has 1 aromatic rings. The minimum Gasteiger partial charge on any atom is -0.361 e. The molecule has 2 rings (SSSR count). The molecule has 0 spiro atoms. The molecule has 0 radical (unpaired) electrons. The van der Waals surface area contributed by atoms with Gasteiger partial charge < -0.3 is 9.84 Å². The van der Waals surface area contributed by atoms with E-state index in [1.807, 2.05) is 0 Å². The van der Waals surface area contributed by atoms with Crippen molar-refractivity contribution in [1.82, 2.24) is 15.2 Å². The molecule has 19 heavy (non-hydrogen) atoms. The number of hydrogen-bond donors (Lipinski definition) is 2. The lowest BCUT2D eigenvalue weighted by molar-refractivity contribution is 0.390. The van der Waals surface area contributed by atoms with Gasteiger partial charge in [0.25, 0.3) is 0 Å². The molecule has 108 valence electrons. The second-order valence-corrected chi connectivity index (χ2v) is 6.93. The fourth-order valence-electron chi connectivity index (χ4n) is 1.77. The Balaban J connectivity index is 1.60. The zero-order valence-electron chi connectivity index (χ0n) is 11.2. The Bertz CT molecular complexity index is 494. The first-order valence-electron chi connectivity index (χ1n) is 6.68. The van der Waals surface area contributed by atoms with E-state index in [4.69, 9.17) is 4.52 Å². The molecule has 0 unspecified atom stereocenters. The van der Waals surface area contributed by atoms with Crippen molar-refractivity contribution in [2.75, 3.05) is 12.3 Å². The van der Waals surface area contributed by atoms with Crippen LogP contribution in [0.15, 0.2) is 10.6 Å². The second kappa shape index (κ2) is 6.49. The van der Waals surface area contributed by atoms with Gasteiger partial charge in [-0.1, -0.05) is 5.16 Å². The van der Waals surface area contributed by atoms with Gasteiger partial charge in [-0.2, -0.15) is 0 Å². The van der Waals surface area contributed by atoms with Crippen LogP contribution in [-0.2, 0) is 16.6 Å². The molecule has 0 saturated heterocycles. The molecule has 1 aliphatic rings. The van der Waals surface area contributed by atoms with Gasteiger partial charge in [-0.15, -0.1) is 0 Å². The van der Waals surface area contributed by atoms with E-state index in [9.17, 15) is 8.42 Å². The molecular formula is C12H21N3O3S. The lowest BCUT2D eigenvalue weighted by atomic mass is 10.3. The second-order valence-electron chi connectivity index (χ2n) is 5.00. The van der Waals surface area contributed by atoms with Gasteiger partial charge in [0, 0.05) is 12.1 Å². The number of nitrogens with zero attached hydrogens (tertiary/aromatic N) is 1. The van der Waals surface area contributed by atoms with Crippen LogP contribution in [0.4, 0.5) is 0 Å². The summed E-state index contributed by atoms with van der Waals surface area (Å²) in [7, 11) is -3.22. The average molecular weight is 287 g/mol. The lowest BCUT2D eigenvalue weighted by Gasteiger charge is -2.05. The van der Waals surface area contributed by atoms with Gasteiger partial charge in [-0.05, 0) is 39.2 Å². The maximum absolute atomic E-state index is 11.7. The van der Waals surface area contributed by atoms with E-state index in [1.54, 1.807) is 13.0 Å². The van der Waals surface area contributed by atoms with Gasteiger partial charge in [0.2, 0.25) is 10.0 Å². The zero-order valence-corrected chi connectivity index (χ0v) is 12.0. The summed E-state index contributed by atoms with van der Waals surface area (Å²) in [6.07, 6.45) is 4.08. The summed E-state index contributed by atoms with van der Waals surface area (Å²) in [4.78, 5) is 0. The third-order valence-corrected chi connectivity index (χ3v) is 4.41. The molecule has 0 aliphatic heterocycles. The maximum atomic E-state index is 11.7. The van der Waals surface area contributed by atoms with Crippen LogP contribution >= 0.6 is 0 Å². The standard InChI is InChI=1S/C12H21N3O3S/c1-10-8-12(15-18-10)9-14-19(16,17)7-3-2-6-13-11-4-5-11/h8,11,13-14H,2-7,9H2,1H3. The molecule has 2 N–H and O–H groups in total. The highest BCUT2D eigenvalue weighted by atomic mass is 32.2. The van der Waals surface area contributed by atoms with Crippen molar-refractivity contribution in [2.45, 2.75) is 45.2 Å². The molecular weight excluding hydrogens is 266 g/mol. The topological polar surface area (TPSA) is 84.2 Å². The zero-order chi connectivity index (χ0) is 13.7. The number of rotatable bonds is 9. The molecule has 0 amide bonds.